The summed E-state index contributed by atoms with van der Waals surface area (Å²) in [6.07, 6.45) is 5.34. The molecule has 1 unspecified atom stereocenters. The summed E-state index contributed by atoms with van der Waals surface area (Å²) in [6.45, 7) is 6.13. The number of halogens is 2. The minimum Gasteiger partial charge on any atom is -0.491 e. The zero-order valence-corrected chi connectivity index (χ0v) is 18.3. The van der Waals surface area contributed by atoms with Crippen molar-refractivity contribution in [2.24, 2.45) is 0 Å². The van der Waals surface area contributed by atoms with Gasteiger partial charge in [-0.25, -0.2) is 14.4 Å². The molecule has 8 heteroatoms. The van der Waals surface area contributed by atoms with Gasteiger partial charge >= 0.3 is 0 Å². The molecule has 0 radical (unpaired) electrons. The number of nitrogens with zero attached hydrogens (tertiary/aromatic N) is 4. The highest BCUT2D eigenvalue weighted by Gasteiger charge is 2.26. The molecule has 156 valence electrons. The minimum atomic E-state index is -0.156. The van der Waals surface area contributed by atoms with Crippen molar-refractivity contribution in [1.29, 1.82) is 0 Å². The first-order valence-corrected chi connectivity index (χ1v) is 10.5. The maximum Gasteiger partial charge on any atom is 0.179 e. The molecule has 4 rings (SSSR count). The van der Waals surface area contributed by atoms with Crippen LogP contribution in [0.3, 0.4) is 0 Å². The predicted octanol–water partition coefficient (Wildman–Crippen LogP) is 4.40. The Morgan fingerprint density at radius 3 is 2.97 bits per heavy atom. The first-order valence-electron chi connectivity index (χ1n) is 9.64. The number of ether oxygens (including phenoxy) is 1. The fraction of sp³-hybridized carbons (Fsp3) is 0.429. The molecule has 0 spiro atoms. The quantitative estimate of drug-likeness (QED) is 0.572. The van der Waals surface area contributed by atoms with Crippen LogP contribution in [0.25, 0.3) is 10.1 Å². The van der Waals surface area contributed by atoms with Crippen LogP contribution in [0.15, 0.2) is 36.1 Å². The third-order valence-electron chi connectivity index (χ3n) is 5.45. The topological polar surface area (TPSA) is 41.5 Å². The second kappa shape index (κ2) is 9.69. The molecule has 5 nitrogen and oxygen atoms in total. The van der Waals surface area contributed by atoms with Gasteiger partial charge in [-0.3, -0.25) is 4.90 Å². The molecule has 3 aromatic rings. The molecule has 1 saturated heterocycles. The van der Waals surface area contributed by atoms with E-state index in [9.17, 15) is 4.39 Å². The van der Waals surface area contributed by atoms with Crippen LogP contribution in [0.1, 0.15) is 18.9 Å². The van der Waals surface area contributed by atoms with E-state index in [2.05, 4.69) is 32.1 Å². The molecule has 0 aliphatic carbocycles. The number of hydrogen-bond acceptors (Lipinski definition) is 6. The van der Waals surface area contributed by atoms with Gasteiger partial charge in [-0.15, -0.1) is 23.7 Å². The van der Waals surface area contributed by atoms with E-state index in [0.717, 1.165) is 60.7 Å². The Bertz CT molecular complexity index is 953. The third kappa shape index (κ3) is 4.79. The number of benzene rings is 1. The lowest BCUT2D eigenvalue weighted by atomic mass is 10.1. The summed E-state index contributed by atoms with van der Waals surface area (Å²) in [4.78, 5) is 13.2. The van der Waals surface area contributed by atoms with E-state index in [4.69, 9.17) is 4.74 Å². The van der Waals surface area contributed by atoms with E-state index in [1.807, 2.05) is 6.07 Å². The van der Waals surface area contributed by atoms with E-state index in [-0.39, 0.29) is 18.2 Å². The molecule has 0 saturated carbocycles. The molecule has 1 atom stereocenters. The van der Waals surface area contributed by atoms with Gasteiger partial charge < -0.3 is 9.64 Å². The highest BCUT2D eigenvalue weighted by atomic mass is 35.5. The number of aromatic nitrogens is 2. The number of aryl methyl sites for hydroxylation is 1. The number of piperazine rings is 1. The standard InChI is InChI=1S/C21H25FN4OS.ClH/c1-15-12-26(21-19(27-2)11-23-14-24-21)9-8-25(15)7-3-4-16-13-28-20-6-5-17(22)10-18(16)20;/h5-6,10-11,13-15H,3-4,7-9,12H2,1-2H3;1H. The summed E-state index contributed by atoms with van der Waals surface area (Å²) in [5.74, 6) is 1.44. The van der Waals surface area contributed by atoms with Gasteiger partial charge in [-0.1, -0.05) is 0 Å². The zero-order valence-electron chi connectivity index (χ0n) is 16.7. The fourth-order valence-corrected chi connectivity index (χ4v) is 4.91. The monoisotopic (exact) mass is 436 g/mol. The second-order valence-corrected chi connectivity index (χ2v) is 8.16. The molecule has 1 fully saturated rings. The average Bonchev–Trinajstić information content (AvgIpc) is 3.11. The summed E-state index contributed by atoms with van der Waals surface area (Å²) in [5.41, 5.74) is 1.26. The summed E-state index contributed by atoms with van der Waals surface area (Å²) in [6, 6.07) is 5.51. The molecule has 0 N–H and O–H groups in total. The molecule has 1 aromatic carbocycles. The van der Waals surface area contributed by atoms with E-state index in [1.165, 1.54) is 11.6 Å². The van der Waals surface area contributed by atoms with Crippen LogP contribution in [-0.2, 0) is 6.42 Å². The van der Waals surface area contributed by atoms with Crippen molar-refractivity contribution < 1.29 is 9.13 Å². The number of anilines is 1. The Labute approximate surface area is 180 Å². The highest BCUT2D eigenvalue weighted by Crippen LogP contribution is 2.29. The van der Waals surface area contributed by atoms with Crippen LogP contribution in [0.4, 0.5) is 10.2 Å². The molecule has 3 heterocycles. The molecule has 29 heavy (non-hydrogen) atoms. The Kier molecular flexibility index (Phi) is 7.27. The molecule has 1 aliphatic heterocycles. The van der Waals surface area contributed by atoms with Gasteiger partial charge in [0.1, 0.15) is 12.1 Å². The van der Waals surface area contributed by atoms with Gasteiger partial charge in [0, 0.05) is 30.4 Å². The van der Waals surface area contributed by atoms with Gasteiger partial charge in [0.05, 0.1) is 13.3 Å². The van der Waals surface area contributed by atoms with Crippen molar-refractivity contribution in [3.05, 3.63) is 47.5 Å². The van der Waals surface area contributed by atoms with Crippen LogP contribution in [0.2, 0.25) is 0 Å². The molecule has 2 aromatic heterocycles. The smallest absolute Gasteiger partial charge is 0.179 e. The predicted molar refractivity (Wildman–Crippen MR) is 119 cm³/mol. The van der Waals surface area contributed by atoms with E-state index in [1.54, 1.807) is 37.0 Å². The van der Waals surface area contributed by atoms with Crippen molar-refractivity contribution in [3.8, 4) is 5.75 Å². The van der Waals surface area contributed by atoms with Gasteiger partial charge in [0.2, 0.25) is 0 Å². The maximum absolute atomic E-state index is 13.6. The lowest BCUT2D eigenvalue weighted by Crippen LogP contribution is -2.52. The van der Waals surface area contributed by atoms with E-state index in [0.29, 0.717) is 6.04 Å². The minimum absolute atomic E-state index is 0. The van der Waals surface area contributed by atoms with Crippen molar-refractivity contribution >= 4 is 39.6 Å². The van der Waals surface area contributed by atoms with Gasteiger partial charge in [-0.05, 0) is 60.8 Å². The van der Waals surface area contributed by atoms with Gasteiger partial charge in [0.25, 0.3) is 0 Å². The summed E-state index contributed by atoms with van der Waals surface area (Å²) >= 11 is 1.70. The molecular weight excluding hydrogens is 411 g/mol. The Morgan fingerprint density at radius 1 is 1.31 bits per heavy atom. The fourth-order valence-electron chi connectivity index (χ4n) is 3.93. The molecule has 0 bridgehead atoms. The van der Waals surface area contributed by atoms with Crippen LogP contribution in [0, 0.1) is 5.82 Å². The summed E-state index contributed by atoms with van der Waals surface area (Å²) in [5, 5.41) is 3.24. The summed E-state index contributed by atoms with van der Waals surface area (Å²) < 4.78 is 20.1. The van der Waals surface area contributed by atoms with E-state index < -0.39 is 0 Å². The second-order valence-electron chi connectivity index (χ2n) is 7.25. The van der Waals surface area contributed by atoms with E-state index >= 15 is 0 Å². The number of fused-ring (bicyclic) bond motifs is 1. The van der Waals surface area contributed by atoms with Crippen LogP contribution >= 0.6 is 23.7 Å². The van der Waals surface area contributed by atoms with Crippen LogP contribution in [-0.4, -0.2) is 54.2 Å². The summed E-state index contributed by atoms with van der Waals surface area (Å²) in [7, 11) is 1.65. The maximum atomic E-state index is 13.6. The zero-order chi connectivity index (χ0) is 19.5. The number of rotatable bonds is 6. The first kappa shape index (κ1) is 21.7. The average molecular weight is 437 g/mol. The van der Waals surface area contributed by atoms with Crippen LogP contribution < -0.4 is 9.64 Å². The Hall–Kier alpha value is -1.96. The number of thiophene rings is 1. The molecule has 1 aliphatic rings. The highest BCUT2D eigenvalue weighted by molar-refractivity contribution is 7.17. The van der Waals surface area contributed by atoms with Gasteiger partial charge in [-0.2, -0.15) is 0 Å². The third-order valence-corrected chi connectivity index (χ3v) is 6.46. The van der Waals surface area contributed by atoms with Gasteiger partial charge in [0.15, 0.2) is 11.6 Å². The van der Waals surface area contributed by atoms with Crippen molar-refractivity contribution in [3.63, 3.8) is 0 Å². The molecule has 0 amide bonds. The number of methoxy groups -OCH3 is 1. The van der Waals surface area contributed by atoms with Crippen LogP contribution in [0.5, 0.6) is 5.75 Å². The lowest BCUT2D eigenvalue weighted by Gasteiger charge is -2.40. The number of hydrogen-bond donors (Lipinski definition) is 0. The first-order chi connectivity index (χ1) is 13.7. The van der Waals surface area contributed by atoms with Crippen molar-refractivity contribution in [2.45, 2.75) is 25.8 Å². The lowest BCUT2D eigenvalue weighted by molar-refractivity contribution is 0.186. The Balaban J connectivity index is 0.00000240. The normalized spacial score (nSPS) is 17.3. The van der Waals surface area contributed by atoms with Crippen molar-refractivity contribution in [2.75, 3.05) is 38.2 Å². The molecular formula is C21H26ClFN4OS. The Morgan fingerprint density at radius 2 is 2.17 bits per heavy atom. The van der Waals surface area contributed by atoms with Crippen molar-refractivity contribution in [1.82, 2.24) is 14.9 Å². The largest absolute Gasteiger partial charge is 0.491 e. The SMILES string of the molecule is COc1cncnc1N1CCN(CCCc2csc3ccc(F)cc23)C(C)C1.Cl.